The number of aliphatic hydroxyl groups is 1. The molecule has 0 saturated carbocycles. The summed E-state index contributed by atoms with van der Waals surface area (Å²) in [7, 11) is 0. The smallest absolute Gasteiger partial charge is 0.209 e. The summed E-state index contributed by atoms with van der Waals surface area (Å²) < 4.78 is 24.8. The first kappa shape index (κ1) is 16.7. The van der Waals surface area contributed by atoms with Crippen LogP contribution in [0.3, 0.4) is 0 Å². The van der Waals surface area contributed by atoms with Crippen molar-refractivity contribution in [2.45, 2.75) is 38.0 Å². The average Bonchev–Trinajstić information content (AvgIpc) is 3.25. The van der Waals surface area contributed by atoms with E-state index in [1.807, 2.05) is 6.07 Å². The Morgan fingerprint density at radius 2 is 2.24 bits per heavy atom. The van der Waals surface area contributed by atoms with Crippen molar-refractivity contribution in [3.8, 4) is 11.3 Å². The van der Waals surface area contributed by atoms with Gasteiger partial charge in [0.1, 0.15) is 5.82 Å². The van der Waals surface area contributed by atoms with E-state index in [-0.39, 0.29) is 17.8 Å². The Labute approximate surface area is 146 Å². The molecule has 0 amide bonds. The summed E-state index contributed by atoms with van der Waals surface area (Å²) in [5.41, 5.74) is 0.688. The lowest BCUT2D eigenvalue weighted by molar-refractivity contribution is -0.0643. The number of aliphatic hydroxyl groups excluding tert-OH is 1. The fourth-order valence-corrected chi connectivity index (χ4v) is 3.98. The molecule has 1 aromatic heterocycles. The lowest BCUT2D eigenvalue weighted by Gasteiger charge is -2.36. The lowest BCUT2D eigenvalue weighted by atomic mass is 9.89. The fourth-order valence-electron chi connectivity index (χ4n) is 3.98. The van der Waals surface area contributed by atoms with Gasteiger partial charge in [0.15, 0.2) is 5.76 Å². The van der Waals surface area contributed by atoms with Gasteiger partial charge in [0.2, 0.25) is 5.89 Å². The third-order valence-electron chi connectivity index (χ3n) is 5.27. The van der Waals surface area contributed by atoms with E-state index in [2.05, 4.69) is 9.88 Å². The van der Waals surface area contributed by atoms with Gasteiger partial charge < -0.3 is 14.3 Å². The van der Waals surface area contributed by atoms with Gasteiger partial charge in [-0.05, 0) is 37.9 Å². The molecule has 0 radical (unpaired) electrons. The van der Waals surface area contributed by atoms with Gasteiger partial charge in [-0.15, -0.1) is 0 Å². The molecular formula is C19H23FN2O3. The third-order valence-corrected chi connectivity index (χ3v) is 5.27. The van der Waals surface area contributed by atoms with E-state index < -0.39 is 0 Å². The monoisotopic (exact) mass is 346 g/mol. The van der Waals surface area contributed by atoms with Gasteiger partial charge in [0.25, 0.3) is 0 Å². The first-order chi connectivity index (χ1) is 12.2. The van der Waals surface area contributed by atoms with Gasteiger partial charge >= 0.3 is 0 Å². The van der Waals surface area contributed by atoms with Crippen molar-refractivity contribution in [2.24, 2.45) is 5.92 Å². The van der Waals surface area contributed by atoms with Crippen LogP contribution in [-0.2, 0) is 11.3 Å². The van der Waals surface area contributed by atoms with Crippen LogP contribution in [0.1, 0.15) is 25.2 Å². The number of nitrogens with zero attached hydrogens (tertiary/aromatic N) is 2. The number of oxazole rings is 1. The largest absolute Gasteiger partial charge is 0.439 e. The zero-order valence-electron chi connectivity index (χ0n) is 14.1. The fraction of sp³-hybridized carbons (Fsp3) is 0.526. The number of halogens is 1. The number of likely N-dealkylation sites (tertiary alicyclic amines) is 1. The summed E-state index contributed by atoms with van der Waals surface area (Å²) in [5, 5.41) is 10.3. The van der Waals surface area contributed by atoms with Crippen LogP contribution in [0, 0.1) is 11.7 Å². The molecule has 25 heavy (non-hydrogen) atoms. The second kappa shape index (κ2) is 7.23. The second-order valence-corrected chi connectivity index (χ2v) is 6.90. The van der Waals surface area contributed by atoms with Crippen molar-refractivity contribution in [3.63, 3.8) is 0 Å². The Kier molecular flexibility index (Phi) is 4.83. The van der Waals surface area contributed by atoms with Crippen molar-refractivity contribution in [2.75, 3.05) is 19.8 Å². The number of hydrogen-bond acceptors (Lipinski definition) is 5. The SMILES string of the molecule is O[C@@H]1CCOC[C@H]1[C@@H]1CCCN1Cc1ncc(-c2cccc(F)c2)o1. The van der Waals surface area contributed by atoms with Crippen LogP contribution in [0.4, 0.5) is 4.39 Å². The minimum absolute atomic E-state index is 0.147. The van der Waals surface area contributed by atoms with E-state index in [0.29, 0.717) is 49.4 Å². The molecule has 4 rings (SSSR count). The van der Waals surface area contributed by atoms with Gasteiger partial charge in [-0.1, -0.05) is 12.1 Å². The first-order valence-electron chi connectivity index (χ1n) is 8.91. The average molecular weight is 346 g/mol. The van der Waals surface area contributed by atoms with Gasteiger partial charge in [-0.2, -0.15) is 0 Å². The van der Waals surface area contributed by atoms with Crippen molar-refractivity contribution < 1.29 is 18.7 Å². The molecule has 2 aliphatic rings. The molecule has 1 aromatic carbocycles. The summed E-state index contributed by atoms with van der Waals surface area (Å²) in [6.07, 6.45) is 4.21. The lowest BCUT2D eigenvalue weighted by Crippen LogP contribution is -2.45. The minimum Gasteiger partial charge on any atom is -0.439 e. The number of ether oxygens (including phenoxy) is 1. The highest BCUT2D eigenvalue weighted by molar-refractivity contribution is 5.56. The predicted molar refractivity (Wildman–Crippen MR) is 90.3 cm³/mol. The normalized spacial score (nSPS) is 27.7. The summed E-state index contributed by atoms with van der Waals surface area (Å²) in [6.45, 7) is 2.82. The maximum atomic E-state index is 13.4. The topological polar surface area (TPSA) is 58.7 Å². The highest BCUT2D eigenvalue weighted by atomic mass is 19.1. The van der Waals surface area contributed by atoms with Crippen molar-refractivity contribution >= 4 is 0 Å². The Hall–Kier alpha value is -1.76. The summed E-state index contributed by atoms with van der Waals surface area (Å²) in [6, 6.07) is 6.61. The van der Waals surface area contributed by atoms with E-state index in [4.69, 9.17) is 9.15 Å². The Balaban J connectivity index is 1.46. The van der Waals surface area contributed by atoms with E-state index in [0.717, 1.165) is 19.4 Å². The molecule has 6 heteroatoms. The molecule has 2 aliphatic heterocycles. The standard InChI is InChI=1S/C19H23FN2O3/c20-14-4-1-3-13(9-14)18-10-21-19(25-18)11-22-7-2-5-16(22)15-12-24-8-6-17(15)23/h1,3-4,9-10,15-17,23H,2,5-8,11-12H2/t15-,16-,17+/m0/s1. The molecule has 2 fully saturated rings. The number of benzene rings is 1. The molecular weight excluding hydrogens is 323 g/mol. The maximum Gasteiger partial charge on any atom is 0.209 e. The molecule has 134 valence electrons. The molecule has 2 aromatic rings. The Bertz CT molecular complexity index is 720. The second-order valence-electron chi connectivity index (χ2n) is 6.90. The number of hydrogen-bond donors (Lipinski definition) is 1. The van der Waals surface area contributed by atoms with Gasteiger partial charge in [0.05, 0.1) is 25.5 Å². The predicted octanol–water partition coefficient (Wildman–Crippen LogP) is 2.84. The van der Waals surface area contributed by atoms with E-state index >= 15 is 0 Å². The van der Waals surface area contributed by atoms with E-state index in [9.17, 15) is 9.50 Å². The van der Waals surface area contributed by atoms with Crippen molar-refractivity contribution in [1.82, 2.24) is 9.88 Å². The molecule has 1 N–H and O–H groups in total. The van der Waals surface area contributed by atoms with E-state index in [1.165, 1.54) is 12.1 Å². The summed E-state index contributed by atoms with van der Waals surface area (Å²) in [5.74, 6) is 1.05. The van der Waals surface area contributed by atoms with Crippen molar-refractivity contribution in [3.05, 3.63) is 42.2 Å². The Morgan fingerprint density at radius 3 is 3.08 bits per heavy atom. The van der Waals surface area contributed by atoms with Crippen LogP contribution in [0.5, 0.6) is 0 Å². The van der Waals surface area contributed by atoms with Crippen LogP contribution in [0.15, 0.2) is 34.9 Å². The number of rotatable bonds is 4. The molecule has 0 bridgehead atoms. The van der Waals surface area contributed by atoms with Crippen LogP contribution in [-0.4, -0.2) is 46.9 Å². The van der Waals surface area contributed by atoms with Crippen molar-refractivity contribution in [1.29, 1.82) is 0 Å². The minimum atomic E-state index is -0.299. The Morgan fingerprint density at radius 1 is 1.32 bits per heavy atom. The van der Waals surface area contributed by atoms with E-state index in [1.54, 1.807) is 12.3 Å². The highest BCUT2D eigenvalue weighted by Crippen LogP contribution is 2.31. The first-order valence-corrected chi connectivity index (χ1v) is 8.91. The van der Waals surface area contributed by atoms with Gasteiger partial charge in [-0.3, -0.25) is 4.90 Å². The van der Waals surface area contributed by atoms with Crippen LogP contribution in [0.2, 0.25) is 0 Å². The maximum absolute atomic E-state index is 13.4. The van der Waals surface area contributed by atoms with Crippen LogP contribution >= 0.6 is 0 Å². The molecule has 5 nitrogen and oxygen atoms in total. The molecule has 0 spiro atoms. The summed E-state index contributed by atoms with van der Waals surface area (Å²) >= 11 is 0. The molecule has 3 heterocycles. The molecule has 3 atom stereocenters. The summed E-state index contributed by atoms with van der Waals surface area (Å²) in [4.78, 5) is 6.68. The zero-order chi connectivity index (χ0) is 17.2. The molecule has 2 saturated heterocycles. The zero-order valence-corrected chi connectivity index (χ0v) is 14.1. The quantitative estimate of drug-likeness (QED) is 0.922. The molecule has 0 aliphatic carbocycles. The van der Waals surface area contributed by atoms with Crippen LogP contribution in [0.25, 0.3) is 11.3 Å². The van der Waals surface area contributed by atoms with Gasteiger partial charge in [0, 0.05) is 24.1 Å². The van der Waals surface area contributed by atoms with Crippen LogP contribution < -0.4 is 0 Å². The number of aromatic nitrogens is 1. The molecule has 0 unspecified atom stereocenters. The van der Waals surface area contributed by atoms with Gasteiger partial charge in [-0.25, -0.2) is 9.37 Å². The highest BCUT2D eigenvalue weighted by Gasteiger charge is 2.37. The third kappa shape index (κ3) is 3.61.